The summed E-state index contributed by atoms with van der Waals surface area (Å²) in [5.41, 5.74) is 0.804. The molecule has 0 radical (unpaired) electrons. The van der Waals surface area contributed by atoms with E-state index in [1.807, 2.05) is 6.92 Å². The van der Waals surface area contributed by atoms with Crippen molar-refractivity contribution in [1.29, 1.82) is 0 Å². The number of hydrogen-bond acceptors (Lipinski definition) is 5. The maximum Gasteiger partial charge on any atom is 0.339 e. The van der Waals surface area contributed by atoms with Crippen LogP contribution in [0.25, 0.3) is 0 Å². The topological polar surface area (TPSA) is 72.3 Å². The number of ether oxygens (including phenoxy) is 1. The molecule has 1 aromatic rings. The zero-order valence-corrected chi connectivity index (χ0v) is 11.1. The van der Waals surface area contributed by atoms with Crippen molar-refractivity contribution in [2.45, 2.75) is 25.9 Å². The number of hydrogen-bond donors (Lipinski definition) is 1. The largest absolute Gasteiger partial charge is 0.478 e. The van der Waals surface area contributed by atoms with Crippen LogP contribution in [0.2, 0.25) is 0 Å². The van der Waals surface area contributed by atoms with Crippen LogP contribution in [0.4, 0.5) is 0 Å². The van der Waals surface area contributed by atoms with Gasteiger partial charge in [0.1, 0.15) is 6.10 Å². The van der Waals surface area contributed by atoms with Crippen LogP contribution in [0.1, 0.15) is 41.3 Å². The Morgan fingerprint density at radius 3 is 3.11 bits per heavy atom. The van der Waals surface area contributed by atoms with Crippen LogP contribution in [0.5, 0.6) is 0 Å². The molecule has 1 atom stereocenters. The Hall–Kier alpha value is -1.14. The van der Waals surface area contributed by atoms with Gasteiger partial charge < -0.3 is 9.84 Å². The molecule has 0 bridgehead atoms. The molecule has 1 N–H and O–H groups in total. The fourth-order valence-corrected chi connectivity index (χ4v) is 2.67. The van der Waals surface area contributed by atoms with E-state index in [0.717, 1.165) is 17.9 Å². The molecule has 0 amide bonds. The lowest BCUT2D eigenvalue weighted by Gasteiger charge is -2.21. The molecule has 6 heteroatoms. The summed E-state index contributed by atoms with van der Waals surface area (Å²) in [5.74, 6) is 1.46. The van der Waals surface area contributed by atoms with E-state index in [9.17, 15) is 4.79 Å². The van der Waals surface area contributed by atoms with E-state index in [1.54, 1.807) is 11.8 Å². The van der Waals surface area contributed by atoms with Gasteiger partial charge in [0.15, 0.2) is 5.82 Å². The molecule has 0 aliphatic carbocycles. The van der Waals surface area contributed by atoms with E-state index < -0.39 is 5.97 Å². The molecular formula is C12H16N2O3S. The first-order valence-corrected chi connectivity index (χ1v) is 7.16. The van der Waals surface area contributed by atoms with E-state index in [4.69, 9.17) is 9.84 Å². The average Bonchev–Trinajstić information content (AvgIpc) is 2.40. The minimum atomic E-state index is -0.969. The lowest BCUT2D eigenvalue weighted by molar-refractivity contribution is 0.0670. The maximum absolute atomic E-state index is 11.1. The monoisotopic (exact) mass is 268 g/mol. The molecule has 1 unspecified atom stereocenters. The second-order valence-electron chi connectivity index (χ2n) is 4.08. The van der Waals surface area contributed by atoms with Crippen molar-refractivity contribution in [1.82, 2.24) is 9.97 Å². The molecule has 98 valence electrons. The molecule has 1 saturated heterocycles. The molecule has 1 fully saturated rings. The van der Waals surface area contributed by atoms with Crippen molar-refractivity contribution in [2.24, 2.45) is 0 Å². The van der Waals surface area contributed by atoms with Gasteiger partial charge in [-0.25, -0.2) is 14.8 Å². The molecule has 0 saturated carbocycles. The normalized spacial score (nSPS) is 19.7. The number of thioether (sulfide) groups is 1. The summed E-state index contributed by atoms with van der Waals surface area (Å²) >= 11 is 1.81. The number of aromatic nitrogens is 2. The molecule has 2 heterocycles. The highest BCUT2D eigenvalue weighted by atomic mass is 32.2. The van der Waals surface area contributed by atoms with E-state index in [-0.39, 0.29) is 11.7 Å². The second kappa shape index (κ2) is 6.15. The molecule has 1 aliphatic rings. The predicted molar refractivity (Wildman–Crippen MR) is 69.0 cm³/mol. The first kappa shape index (κ1) is 13.3. The highest BCUT2D eigenvalue weighted by molar-refractivity contribution is 7.99. The molecular weight excluding hydrogens is 252 g/mol. The van der Waals surface area contributed by atoms with Crippen LogP contribution in [-0.4, -0.2) is 39.2 Å². The third-order valence-corrected chi connectivity index (χ3v) is 3.70. The fourth-order valence-electron chi connectivity index (χ4n) is 1.83. The molecule has 18 heavy (non-hydrogen) atoms. The summed E-state index contributed by atoms with van der Waals surface area (Å²) in [5, 5.41) is 9.08. The molecule has 0 aromatic carbocycles. The van der Waals surface area contributed by atoms with Crippen molar-refractivity contribution in [3.63, 3.8) is 0 Å². The van der Waals surface area contributed by atoms with Gasteiger partial charge in [-0.3, -0.25) is 0 Å². The minimum Gasteiger partial charge on any atom is -0.478 e. The van der Waals surface area contributed by atoms with Gasteiger partial charge in [0, 0.05) is 17.7 Å². The Labute approximate surface area is 110 Å². The summed E-state index contributed by atoms with van der Waals surface area (Å²) in [6, 6.07) is 0. The van der Waals surface area contributed by atoms with Crippen molar-refractivity contribution in [2.75, 3.05) is 18.1 Å². The zero-order valence-electron chi connectivity index (χ0n) is 10.3. The highest BCUT2D eigenvalue weighted by Crippen LogP contribution is 2.24. The SMILES string of the molecule is CCCc1nc(C2CSCCO2)ncc1C(=O)O. The van der Waals surface area contributed by atoms with Crippen LogP contribution >= 0.6 is 11.8 Å². The predicted octanol–water partition coefficient (Wildman–Crippen LogP) is 1.93. The molecule has 0 spiro atoms. The summed E-state index contributed by atoms with van der Waals surface area (Å²) in [6.45, 7) is 2.70. The molecule has 5 nitrogen and oxygen atoms in total. The highest BCUT2D eigenvalue weighted by Gasteiger charge is 2.21. The van der Waals surface area contributed by atoms with E-state index >= 15 is 0 Å². The van der Waals surface area contributed by atoms with E-state index in [1.165, 1.54) is 6.20 Å². The third-order valence-electron chi connectivity index (χ3n) is 2.71. The first-order valence-electron chi connectivity index (χ1n) is 6.00. The Morgan fingerprint density at radius 1 is 1.67 bits per heavy atom. The summed E-state index contributed by atoms with van der Waals surface area (Å²) in [6.07, 6.45) is 2.80. The Morgan fingerprint density at radius 2 is 2.50 bits per heavy atom. The van der Waals surface area contributed by atoms with E-state index in [2.05, 4.69) is 9.97 Å². The zero-order chi connectivity index (χ0) is 13.0. The number of carboxylic acid groups (broad SMARTS) is 1. The van der Waals surface area contributed by atoms with Gasteiger partial charge in [0.05, 0.1) is 17.9 Å². The second-order valence-corrected chi connectivity index (χ2v) is 5.23. The van der Waals surface area contributed by atoms with Crippen LogP contribution < -0.4 is 0 Å². The summed E-state index contributed by atoms with van der Waals surface area (Å²) < 4.78 is 5.60. The molecule has 1 aromatic heterocycles. The average molecular weight is 268 g/mol. The van der Waals surface area contributed by atoms with Crippen molar-refractivity contribution >= 4 is 17.7 Å². The van der Waals surface area contributed by atoms with Gasteiger partial charge in [0.25, 0.3) is 0 Å². The van der Waals surface area contributed by atoms with Crippen molar-refractivity contribution < 1.29 is 14.6 Å². The van der Waals surface area contributed by atoms with Gasteiger partial charge in [-0.2, -0.15) is 11.8 Å². The number of nitrogens with zero attached hydrogens (tertiary/aromatic N) is 2. The summed E-state index contributed by atoms with van der Waals surface area (Å²) in [7, 11) is 0. The van der Waals surface area contributed by atoms with Gasteiger partial charge in [-0.15, -0.1) is 0 Å². The Balaban J connectivity index is 2.26. The number of aromatic carboxylic acids is 1. The smallest absolute Gasteiger partial charge is 0.339 e. The number of rotatable bonds is 4. The minimum absolute atomic E-state index is 0.109. The Bertz CT molecular complexity index is 433. The first-order chi connectivity index (χ1) is 8.72. The van der Waals surface area contributed by atoms with Gasteiger partial charge in [0.2, 0.25) is 0 Å². The van der Waals surface area contributed by atoms with Crippen molar-refractivity contribution in [3.8, 4) is 0 Å². The lowest BCUT2D eigenvalue weighted by atomic mass is 10.1. The number of aryl methyl sites for hydroxylation is 1. The van der Waals surface area contributed by atoms with Crippen LogP contribution in [0, 0.1) is 0 Å². The van der Waals surface area contributed by atoms with Crippen LogP contribution in [-0.2, 0) is 11.2 Å². The quantitative estimate of drug-likeness (QED) is 0.899. The summed E-state index contributed by atoms with van der Waals surface area (Å²) in [4.78, 5) is 19.6. The van der Waals surface area contributed by atoms with Crippen molar-refractivity contribution in [3.05, 3.63) is 23.3 Å². The van der Waals surface area contributed by atoms with Gasteiger partial charge in [-0.05, 0) is 6.42 Å². The lowest BCUT2D eigenvalue weighted by Crippen LogP contribution is -2.19. The van der Waals surface area contributed by atoms with Crippen LogP contribution in [0.3, 0.4) is 0 Å². The standard InChI is InChI=1S/C12H16N2O3S/c1-2-3-9-8(12(15)16)6-13-11(14-9)10-7-18-5-4-17-10/h6,10H,2-5,7H2,1H3,(H,15,16). The molecule has 1 aliphatic heterocycles. The number of carbonyl (C=O) groups is 1. The van der Waals surface area contributed by atoms with E-state index in [0.29, 0.717) is 24.5 Å². The van der Waals surface area contributed by atoms with Crippen LogP contribution in [0.15, 0.2) is 6.20 Å². The van der Waals surface area contributed by atoms with Gasteiger partial charge >= 0.3 is 5.97 Å². The third kappa shape index (κ3) is 3.00. The number of carboxylic acids is 1. The molecule has 2 rings (SSSR count). The maximum atomic E-state index is 11.1. The fraction of sp³-hybridized carbons (Fsp3) is 0.583. The van der Waals surface area contributed by atoms with Gasteiger partial charge in [-0.1, -0.05) is 13.3 Å². The Kier molecular flexibility index (Phi) is 4.54.